The second-order valence-corrected chi connectivity index (χ2v) is 12.7. The third kappa shape index (κ3) is 7.09. The Morgan fingerprint density at radius 3 is 1.82 bits per heavy atom. The van der Waals surface area contributed by atoms with Crippen molar-refractivity contribution in [3.05, 3.63) is 90.0 Å². The second kappa shape index (κ2) is 11.9. The smallest absolute Gasteiger partial charge is 0.338 e. The molecule has 3 aromatic rings. The van der Waals surface area contributed by atoms with E-state index in [4.69, 9.17) is 9.47 Å². The monoisotopic (exact) mass is 589 g/mol. The lowest BCUT2D eigenvalue weighted by Gasteiger charge is -2.19. The van der Waals surface area contributed by atoms with Crippen molar-refractivity contribution in [1.29, 1.82) is 0 Å². The number of halogens is 1. The van der Waals surface area contributed by atoms with E-state index >= 15 is 0 Å². The Bertz CT molecular complexity index is 1090. The SMILES string of the molecule is CC(I)C(=O)OCCOC(=O)c1ccc([S+](c2ccccc2)c2ccc(C(C)(C)C)cc2)cc1. The molecule has 3 aromatic carbocycles. The van der Waals surface area contributed by atoms with Gasteiger partial charge < -0.3 is 9.47 Å². The molecule has 0 bridgehead atoms. The number of ether oxygens (including phenoxy) is 2. The van der Waals surface area contributed by atoms with Gasteiger partial charge in [0.1, 0.15) is 17.1 Å². The van der Waals surface area contributed by atoms with Gasteiger partial charge in [0.2, 0.25) is 0 Å². The third-order valence-corrected chi connectivity index (χ3v) is 7.89. The molecule has 3 rings (SSSR count). The number of alkyl halides is 1. The highest BCUT2D eigenvalue weighted by molar-refractivity contribution is 14.1. The summed E-state index contributed by atoms with van der Waals surface area (Å²) in [6, 6.07) is 26.8. The first-order valence-electron chi connectivity index (χ1n) is 11.1. The summed E-state index contributed by atoms with van der Waals surface area (Å²) >= 11 is 1.98. The molecular weight excluding hydrogens is 559 g/mol. The molecule has 0 spiro atoms. The quantitative estimate of drug-likeness (QED) is 0.0977. The van der Waals surface area contributed by atoms with E-state index in [1.165, 1.54) is 15.4 Å². The van der Waals surface area contributed by atoms with Gasteiger partial charge in [-0.15, -0.1) is 0 Å². The summed E-state index contributed by atoms with van der Waals surface area (Å²) in [5.74, 6) is -0.747. The van der Waals surface area contributed by atoms with E-state index < -0.39 is 5.97 Å². The number of esters is 2. The van der Waals surface area contributed by atoms with Crippen LogP contribution in [0, 0.1) is 0 Å². The predicted molar refractivity (Wildman–Crippen MR) is 145 cm³/mol. The van der Waals surface area contributed by atoms with Crippen LogP contribution in [0.25, 0.3) is 0 Å². The Labute approximate surface area is 218 Å². The van der Waals surface area contributed by atoms with Crippen LogP contribution in [0.3, 0.4) is 0 Å². The van der Waals surface area contributed by atoms with E-state index in [-0.39, 0.29) is 39.4 Å². The molecule has 0 fully saturated rings. The fraction of sp³-hybridized carbons (Fsp3) is 0.286. The fourth-order valence-corrected chi connectivity index (χ4v) is 5.50. The summed E-state index contributed by atoms with van der Waals surface area (Å²) in [5, 5.41) is 0. The average molecular weight is 590 g/mol. The molecule has 34 heavy (non-hydrogen) atoms. The molecular formula is C28H30IO4S+. The van der Waals surface area contributed by atoms with Gasteiger partial charge in [-0.25, -0.2) is 4.79 Å². The number of rotatable bonds is 8. The van der Waals surface area contributed by atoms with Gasteiger partial charge in [0.05, 0.1) is 16.5 Å². The summed E-state index contributed by atoms with van der Waals surface area (Å²) in [7, 11) is -0.298. The molecule has 0 saturated carbocycles. The number of benzene rings is 3. The Kier molecular flexibility index (Phi) is 9.19. The predicted octanol–water partition coefficient (Wildman–Crippen LogP) is 6.60. The Morgan fingerprint density at radius 1 is 0.794 bits per heavy atom. The highest BCUT2D eigenvalue weighted by atomic mass is 127. The molecule has 0 aliphatic heterocycles. The molecule has 0 aliphatic rings. The van der Waals surface area contributed by atoms with Gasteiger partial charge in [0.25, 0.3) is 0 Å². The summed E-state index contributed by atoms with van der Waals surface area (Å²) in [6.45, 7) is 8.47. The molecule has 178 valence electrons. The first-order valence-corrected chi connectivity index (χ1v) is 13.6. The van der Waals surface area contributed by atoms with Crippen molar-refractivity contribution in [2.75, 3.05) is 13.2 Å². The largest absolute Gasteiger partial charge is 0.461 e. The Balaban J connectivity index is 1.76. The zero-order valence-electron chi connectivity index (χ0n) is 19.9. The Hall–Kier alpha value is -2.32. The van der Waals surface area contributed by atoms with Crippen LogP contribution in [0.5, 0.6) is 0 Å². The maximum atomic E-state index is 12.4. The van der Waals surface area contributed by atoms with E-state index in [0.717, 1.165) is 4.90 Å². The van der Waals surface area contributed by atoms with Crippen molar-refractivity contribution in [2.45, 2.75) is 51.7 Å². The summed E-state index contributed by atoms with van der Waals surface area (Å²) in [6.07, 6.45) is 0. The minimum atomic E-state index is -0.431. The maximum Gasteiger partial charge on any atom is 0.338 e. The molecule has 4 nitrogen and oxygen atoms in total. The molecule has 6 heteroatoms. The topological polar surface area (TPSA) is 52.6 Å². The molecule has 0 radical (unpaired) electrons. The van der Waals surface area contributed by atoms with Crippen LogP contribution >= 0.6 is 22.6 Å². The number of hydrogen-bond acceptors (Lipinski definition) is 4. The van der Waals surface area contributed by atoms with Gasteiger partial charge in [-0.2, -0.15) is 0 Å². The summed E-state index contributed by atoms with van der Waals surface area (Å²) < 4.78 is 10.1. The molecule has 2 unspecified atom stereocenters. The highest BCUT2D eigenvalue weighted by Crippen LogP contribution is 2.33. The van der Waals surface area contributed by atoms with Gasteiger partial charge in [-0.3, -0.25) is 4.79 Å². The van der Waals surface area contributed by atoms with Gasteiger partial charge in [0, 0.05) is 0 Å². The van der Waals surface area contributed by atoms with E-state index in [2.05, 4.69) is 69.3 Å². The molecule has 0 saturated heterocycles. The van der Waals surface area contributed by atoms with Gasteiger partial charge >= 0.3 is 11.9 Å². The lowest BCUT2D eigenvalue weighted by atomic mass is 9.87. The summed E-state index contributed by atoms with van der Waals surface area (Å²) in [4.78, 5) is 27.5. The minimum absolute atomic E-state index is 0.0319. The molecule has 0 aliphatic carbocycles. The summed E-state index contributed by atoms with van der Waals surface area (Å²) in [5.41, 5.74) is 1.86. The molecule has 2 atom stereocenters. The molecule has 0 N–H and O–H groups in total. The normalized spacial score (nSPS) is 13.1. The van der Waals surface area contributed by atoms with Crippen LogP contribution in [-0.4, -0.2) is 29.1 Å². The van der Waals surface area contributed by atoms with Crippen LogP contribution in [-0.2, 0) is 30.6 Å². The number of hydrogen-bond donors (Lipinski definition) is 0. The van der Waals surface area contributed by atoms with Crippen molar-refractivity contribution < 1.29 is 19.1 Å². The first-order chi connectivity index (χ1) is 16.2. The Morgan fingerprint density at radius 2 is 1.29 bits per heavy atom. The number of carbonyl (C=O) groups excluding carboxylic acids is 2. The maximum absolute atomic E-state index is 12.4. The van der Waals surface area contributed by atoms with Gasteiger partial charge in [-0.1, -0.05) is 73.7 Å². The first kappa shape index (κ1) is 26.3. The van der Waals surface area contributed by atoms with Gasteiger partial charge in [-0.05, 0) is 66.4 Å². The minimum Gasteiger partial charge on any atom is -0.461 e. The van der Waals surface area contributed by atoms with Crippen molar-refractivity contribution in [1.82, 2.24) is 0 Å². The molecule has 0 amide bonds. The van der Waals surface area contributed by atoms with Crippen molar-refractivity contribution >= 4 is 45.4 Å². The lowest BCUT2D eigenvalue weighted by molar-refractivity contribution is -0.143. The van der Waals surface area contributed by atoms with Gasteiger partial charge in [0.15, 0.2) is 14.7 Å². The molecule has 0 heterocycles. The number of carbonyl (C=O) groups is 2. The average Bonchev–Trinajstić information content (AvgIpc) is 2.82. The zero-order valence-corrected chi connectivity index (χ0v) is 22.9. The standard InChI is InChI=1S/C28H30IO4S/c1-20(29)26(30)32-18-19-33-27(31)21-10-14-24(15-11-21)34(23-8-6-5-7-9-23)25-16-12-22(13-17-25)28(2,3)4/h5-17,20H,18-19H2,1-4H3/q+1. The third-order valence-electron chi connectivity index (χ3n) is 5.15. The van der Waals surface area contributed by atoms with E-state index in [0.29, 0.717) is 5.56 Å². The highest BCUT2D eigenvalue weighted by Gasteiger charge is 2.29. The lowest BCUT2D eigenvalue weighted by Crippen LogP contribution is -2.18. The van der Waals surface area contributed by atoms with Crippen LogP contribution in [0.4, 0.5) is 0 Å². The van der Waals surface area contributed by atoms with E-state index in [1.807, 2.05) is 40.8 Å². The van der Waals surface area contributed by atoms with E-state index in [9.17, 15) is 9.59 Å². The fourth-order valence-electron chi connectivity index (χ4n) is 3.26. The van der Waals surface area contributed by atoms with Crippen molar-refractivity contribution in [2.24, 2.45) is 0 Å². The van der Waals surface area contributed by atoms with Crippen LogP contribution < -0.4 is 0 Å². The van der Waals surface area contributed by atoms with Crippen LogP contribution in [0.1, 0.15) is 43.6 Å². The van der Waals surface area contributed by atoms with Crippen molar-refractivity contribution in [3.63, 3.8) is 0 Å². The van der Waals surface area contributed by atoms with Crippen molar-refractivity contribution in [3.8, 4) is 0 Å². The second-order valence-electron chi connectivity index (χ2n) is 8.84. The zero-order chi connectivity index (χ0) is 24.7. The van der Waals surface area contributed by atoms with E-state index in [1.54, 1.807) is 19.1 Å². The van der Waals surface area contributed by atoms with Crippen LogP contribution in [0.15, 0.2) is 93.5 Å². The molecule has 0 aromatic heterocycles. The van der Waals surface area contributed by atoms with Crippen LogP contribution in [0.2, 0.25) is 0 Å².